The zero-order chi connectivity index (χ0) is 73.2. The number of carboxylic acid groups (broad SMARTS) is 1. The fourth-order valence-corrected chi connectivity index (χ4v) is 14.1. The predicted octanol–water partition coefficient (Wildman–Crippen LogP) is 10.2. The Morgan fingerprint density at radius 2 is 0.930 bits per heavy atom. The van der Waals surface area contributed by atoms with Gasteiger partial charge in [0, 0.05) is 19.8 Å². The number of allylic oxidation sites excluding steroid dienone is 2. The lowest BCUT2D eigenvalue weighted by molar-refractivity contribution is -0.386. The average Bonchev–Trinajstić information content (AvgIpc) is 0.755. The number of hydrogen-bond donors (Lipinski definition) is 14. The summed E-state index contributed by atoms with van der Waals surface area (Å²) in [7, 11) is 0. The van der Waals surface area contributed by atoms with Gasteiger partial charge in [-0.15, -0.1) is 0 Å². The van der Waals surface area contributed by atoms with E-state index in [2.05, 4.69) is 36.6 Å². The first-order valence-electron chi connectivity index (χ1n) is 40.0. The zero-order valence-electron chi connectivity index (χ0n) is 62.1. The lowest BCUT2D eigenvalue weighted by Crippen LogP contribution is -2.70. The van der Waals surface area contributed by atoms with Crippen molar-refractivity contribution in [2.75, 3.05) is 26.4 Å². The van der Waals surface area contributed by atoms with E-state index in [1.54, 1.807) is 0 Å². The van der Waals surface area contributed by atoms with E-state index < -0.39 is 148 Å². The second-order valence-electron chi connectivity index (χ2n) is 29.3. The Hall–Kier alpha value is -2.53. The first-order chi connectivity index (χ1) is 48.4. The molecule has 18 atom stereocenters. The number of unbranched alkanes of at least 4 members (excludes halogenated alkanes) is 41. The van der Waals surface area contributed by atoms with E-state index in [1.165, 1.54) is 193 Å². The number of nitrogens with one attached hydrogen (secondary N) is 2. The Balaban J connectivity index is 1.53. The van der Waals surface area contributed by atoms with Crippen molar-refractivity contribution in [3.05, 3.63) is 12.2 Å². The number of aliphatic hydroxyl groups is 11. The number of rotatable bonds is 63. The van der Waals surface area contributed by atoms with Crippen molar-refractivity contribution < 1.29 is 104 Å². The zero-order valence-corrected chi connectivity index (χ0v) is 62.1. The van der Waals surface area contributed by atoms with Crippen LogP contribution in [0.1, 0.15) is 323 Å². The fraction of sp³-hybridized carbons (Fsp3) is 0.935. The number of hydrogen-bond acceptors (Lipinski definition) is 20. The lowest BCUT2D eigenvalue weighted by Gasteiger charge is -2.50. The van der Waals surface area contributed by atoms with E-state index in [0.29, 0.717) is 19.3 Å². The molecule has 3 saturated heterocycles. The molecule has 100 heavy (non-hydrogen) atoms. The molecule has 18 unspecified atom stereocenters. The van der Waals surface area contributed by atoms with Crippen molar-refractivity contribution in [3.8, 4) is 0 Å². The average molecular weight is 1430 g/mol. The molecule has 0 aliphatic carbocycles. The maximum Gasteiger partial charge on any atom is 0.364 e. The maximum atomic E-state index is 13.6. The number of aliphatic hydroxyl groups excluding tert-OH is 11. The van der Waals surface area contributed by atoms with Crippen molar-refractivity contribution in [2.45, 2.75) is 432 Å². The summed E-state index contributed by atoms with van der Waals surface area (Å²) >= 11 is 0. The van der Waals surface area contributed by atoms with Gasteiger partial charge in [-0.3, -0.25) is 9.59 Å². The second kappa shape index (κ2) is 56.8. The third-order valence-corrected chi connectivity index (χ3v) is 20.5. The van der Waals surface area contributed by atoms with Crippen LogP contribution in [0.15, 0.2) is 12.2 Å². The molecular weight excluding hydrogens is 1290 g/mol. The molecule has 2 amide bonds. The Morgan fingerprint density at radius 1 is 0.510 bits per heavy atom. The van der Waals surface area contributed by atoms with Crippen molar-refractivity contribution >= 4 is 17.8 Å². The van der Waals surface area contributed by atoms with E-state index in [0.717, 1.165) is 84.0 Å². The molecule has 3 aliphatic rings. The van der Waals surface area contributed by atoms with Gasteiger partial charge >= 0.3 is 5.97 Å². The molecule has 0 aromatic heterocycles. The SMILES string of the molecule is CCCCCCCCCCCCCC/C=C\CCCCCCCCCC(=O)NC(COC1OC(CO)C(OC2OC(CO)C(O)C(OC3(C(=O)O)CC(O)C(NC(C)=O)C(C(O)C(O)CO)O3)C2O)C(O)C1O)C(O)CCCCCCCCCCCCCCCCCCCCCCCCC. The van der Waals surface area contributed by atoms with E-state index in [1.807, 2.05) is 0 Å². The predicted molar refractivity (Wildman–Crippen MR) is 385 cm³/mol. The van der Waals surface area contributed by atoms with Crippen LogP contribution in [0, 0.1) is 0 Å². The highest BCUT2D eigenvalue weighted by molar-refractivity contribution is 5.77. The maximum absolute atomic E-state index is 13.6. The molecule has 0 saturated carbocycles. The molecule has 14 N–H and O–H groups in total. The number of ether oxygens (including phenoxy) is 6. The van der Waals surface area contributed by atoms with Gasteiger partial charge in [0.25, 0.3) is 5.79 Å². The smallest absolute Gasteiger partial charge is 0.364 e. The van der Waals surface area contributed by atoms with Gasteiger partial charge in [-0.1, -0.05) is 276 Å². The Bertz CT molecular complexity index is 2050. The molecule has 0 spiro atoms. The summed E-state index contributed by atoms with van der Waals surface area (Å²) in [6.45, 7) is 2.26. The minimum atomic E-state index is -3.08. The molecule has 3 fully saturated rings. The number of carboxylic acids is 1. The second-order valence-corrected chi connectivity index (χ2v) is 29.3. The molecule has 0 aromatic carbocycles. The molecule has 3 aliphatic heterocycles. The first kappa shape index (κ1) is 91.7. The quantitative estimate of drug-likeness (QED) is 0.0199. The highest BCUT2D eigenvalue weighted by Gasteiger charge is 2.60. The summed E-state index contributed by atoms with van der Waals surface area (Å²) in [6.07, 6.45) is 30.6. The van der Waals surface area contributed by atoms with Crippen LogP contribution in [0.5, 0.6) is 0 Å². The van der Waals surface area contributed by atoms with Crippen LogP contribution in [0.25, 0.3) is 0 Å². The van der Waals surface area contributed by atoms with Crippen molar-refractivity contribution in [1.29, 1.82) is 0 Å². The standard InChI is InChI=1S/C77H144N2O21/c1-4-6-8-10-12-14-16-18-20-22-24-26-28-30-32-34-36-38-40-42-44-46-48-50-59(84)58(79-64(87)51-49-47-45-43-41-39-37-35-33-31-29-27-25-23-21-19-17-15-13-11-9-7-5-2)56-95-74-69(91)68(90)71(63(55-82)97-74)98-75-70(92)73(67(89)62(54-81)96-75)100-77(76(93)94)52-60(85)65(78-57(3)83)72(99-77)66(88)61(86)53-80/h31,33,58-63,65-75,80-82,84-86,88-92H,4-30,32,34-56H2,1-3H3,(H,78,83)(H,79,87)(H,93,94)/b33-31-. The van der Waals surface area contributed by atoms with Crippen LogP contribution in [0.2, 0.25) is 0 Å². The van der Waals surface area contributed by atoms with Gasteiger partial charge in [-0.25, -0.2) is 4.79 Å². The van der Waals surface area contributed by atoms with Crippen LogP contribution in [-0.4, -0.2) is 215 Å². The third-order valence-electron chi connectivity index (χ3n) is 20.5. The number of carbonyl (C=O) groups is 3. The van der Waals surface area contributed by atoms with Crippen LogP contribution in [-0.2, 0) is 42.8 Å². The lowest BCUT2D eigenvalue weighted by atomic mass is 9.88. The van der Waals surface area contributed by atoms with Crippen molar-refractivity contribution in [3.63, 3.8) is 0 Å². The van der Waals surface area contributed by atoms with E-state index in [-0.39, 0.29) is 18.9 Å². The van der Waals surface area contributed by atoms with Crippen LogP contribution in [0.4, 0.5) is 0 Å². The molecule has 588 valence electrons. The van der Waals surface area contributed by atoms with Crippen LogP contribution < -0.4 is 10.6 Å². The highest BCUT2D eigenvalue weighted by atomic mass is 16.8. The first-order valence-corrected chi connectivity index (χ1v) is 40.0. The Labute approximate surface area is 601 Å². The van der Waals surface area contributed by atoms with Gasteiger partial charge in [0.05, 0.1) is 50.7 Å². The molecule has 3 rings (SSSR count). The minimum absolute atomic E-state index is 0.221. The molecule has 23 heteroatoms. The van der Waals surface area contributed by atoms with Gasteiger partial charge in [0.2, 0.25) is 11.8 Å². The monoisotopic (exact) mass is 1430 g/mol. The summed E-state index contributed by atoms with van der Waals surface area (Å²) in [5, 5.41) is 137. The van der Waals surface area contributed by atoms with Gasteiger partial charge in [0.1, 0.15) is 67.1 Å². The number of aliphatic carboxylic acids is 1. The number of amides is 2. The molecular formula is C77H144N2O21. The van der Waals surface area contributed by atoms with Crippen LogP contribution >= 0.6 is 0 Å². The van der Waals surface area contributed by atoms with E-state index in [9.17, 15) is 75.7 Å². The van der Waals surface area contributed by atoms with E-state index >= 15 is 0 Å². The normalized spacial score (nSPS) is 27.0. The fourth-order valence-electron chi connectivity index (χ4n) is 14.1. The molecule has 3 heterocycles. The summed E-state index contributed by atoms with van der Waals surface area (Å²) in [6, 6.07) is -2.53. The number of carbonyl (C=O) groups excluding carboxylic acids is 2. The van der Waals surface area contributed by atoms with E-state index in [4.69, 9.17) is 28.4 Å². The van der Waals surface area contributed by atoms with Crippen molar-refractivity contribution in [1.82, 2.24) is 10.6 Å². The van der Waals surface area contributed by atoms with Gasteiger partial charge in [0.15, 0.2) is 12.6 Å². The summed E-state index contributed by atoms with van der Waals surface area (Å²) in [5.41, 5.74) is 0. The minimum Gasteiger partial charge on any atom is -0.477 e. The van der Waals surface area contributed by atoms with Crippen molar-refractivity contribution in [2.24, 2.45) is 0 Å². The van der Waals surface area contributed by atoms with Gasteiger partial charge in [-0.05, 0) is 38.5 Å². The van der Waals surface area contributed by atoms with Crippen LogP contribution in [0.3, 0.4) is 0 Å². The van der Waals surface area contributed by atoms with Gasteiger partial charge < -0.3 is 100 Å². The topological polar surface area (TPSA) is 373 Å². The molecule has 0 aromatic rings. The molecule has 0 radical (unpaired) electrons. The Morgan fingerprint density at radius 3 is 1.35 bits per heavy atom. The van der Waals surface area contributed by atoms with Gasteiger partial charge in [-0.2, -0.15) is 0 Å². The summed E-state index contributed by atoms with van der Waals surface area (Å²) < 4.78 is 35.0. The summed E-state index contributed by atoms with van der Waals surface area (Å²) in [4.78, 5) is 38.7. The Kier molecular flexibility index (Phi) is 52.0. The highest BCUT2D eigenvalue weighted by Crippen LogP contribution is 2.39. The largest absolute Gasteiger partial charge is 0.477 e. The molecule has 0 bridgehead atoms. The third kappa shape index (κ3) is 37.1. The molecule has 23 nitrogen and oxygen atoms in total. The summed E-state index contributed by atoms with van der Waals surface area (Å²) in [5.74, 6) is -6.10.